The molecule has 0 bridgehead atoms. The highest BCUT2D eigenvalue weighted by molar-refractivity contribution is 5.92. The molecule has 3 aromatic rings. The largest absolute Gasteiger partial charge is 0.299 e. The third-order valence-corrected chi connectivity index (χ3v) is 6.44. The SMILES string of the molecule is O=C1CCCC2=Cc3c(cnn3-c3ccc(F)cc3)CC12CCc1ccccc1. The van der Waals surface area contributed by atoms with Gasteiger partial charge in [-0.2, -0.15) is 5.10 Å². The van der Waals surface area contributed by atoms with Gasteiger partial charge in [0, 0.05) is 6.42 Å². The number of halogens is 1. The van der Waals surface area contributed by atoms with Gasteiger partial charge in [-0.05, 0) is 73.6 Å². The standard InChI is InChI=1S/C25H23FN2O/c26-21-9-11-22(12-10-21)28-23-15-20-7-4-8-24(29)25(20,16-19(23)17-27-28)14-13-18-5-2-1-3-6-18/h1-3,5-6,9-12,15,17H,4,7-8,13-14,16H2. The van der Waals surface area contributed by atoms with Crippen LogP contribution in [-0.4, -0.2) is 15.6 Å². The van der Waals surface area contributed by atoms with E-state index in [1.165, 1.54) is 23.3 Å². The van der Waals surface area contributed by atoms with E-state index in [0.29, 0.717) is 18.6 Å². The first kappa shape index (κ1) is 18.0. The van der Waals surface area contributed by atoms with E-state index in [9.17, 15) is 9.18 Å². The molecule has 1 heterocycles. The van der Waals surface area contributed by atoms with Gasteiger partial charge in [-0.1, -0.05) is 35.9 Å². The predicted molar refractivity (Wildman–Crippen MR) is 111 cm³/mol. The quantitative estimate of drug-likeness (QED) is 0.608. The Labute approximate surface area is 169 Å². The van der Waals surface area contributed by atoms with Crippen molar-refractivity contribution < 1.29 is 9.18 Å². The Kier molecular flexibility index (Phi) is 4.42. The van der Waals surface area contributed by atoms with Crippen LogP contribution < -0.4 is 0 Å². The average molecular weight is 386 g/mol. The molecule has 0 saturated heterocycles. The molecule has 3 nitrogen and oxygen atoms in total. The van der Waals surface area contributed by atoms with E-state index in [4.69, 9.17) is 0 Å². The van der Waals surface area contributed by atoms with Crippen molar-refractivity contribution in [2.45, 2.75) is 38.5 Å². The molecule has 0 amide bonds. The van der Waals surface area contributed by atoms with E-state index >= 15 is 0 Å². The van der Waals surface area contributed by atoms with Gasteiger partial charge in [0.05, 0.1) is 23.0 Å². The normalized spacial score (nSPS) is 20.7. The van der Waals surface area contributed by atoms with E-state index in [1.54, 1.807) is 12.1 Å². The Morgan fingerprint density at radius 1 is 1.03 bits per heavy atom. The minimum absolute atomic E-state index is 0.258. The smallest absolute Gasteiger partial charge is 0.143 e. The Balaban J connectivity index is 1.52. The highest BCUT2D eigenvalue weighted by Gasteiger charge is 2.46. The first-order valence-electron chi connectivity index (χ1n) is 10.3. The van der Waals surface area contributed by atoms with Gasteiger partial charge < -0.3 is 0 Å². The number of fused-ring (bicyclic) bond motifs is 2. The van der Waals surface area contributed by atoms with E-state index in [2.05, 4.69) is 35.4 Å². The lowest BCUT2D eigenvalue weighted by molar-refractivity contribution is -0.128. The van der Waals surface area contributed by atoms with Crippen LogP contribution in [0.1, 0.15) is 42.5 Å². The first-order valence-corrected chi connectivity index (χ1v) is 10.3. The van der Waals surface area contributed by atoms with Crippen molar-refractivity contribution in [3.05, 3.63) is 89.0 Å². The van der Waals surface area contributed by atoms with Crippen molar-refractivity contribution in [1.82, 2.24) is 9.78 Å². The van der Waals surface area contributed by atoms with Crippen LogP contribution >= 0.6 is 0 Å². The monoisotopic (exact) mass is 386 g/mol. The molecule has 0 aliphatic heterocycles. The van der Waals surface area contributed by atoms with Crippen molar-refractivity contribution >= 4 is 11.9 Å². The average Bonchev–Trinajstić information content (AvgIpc) is 3.15. The molecular formula is C25H23FN2O. The summed E-state index contributed by atoms with van der Waals surface area (Å²) >= 11 is 0. The van der Waals surface area contributed by atoms with Crippen LogP contribution in [-0.2, 0) is 17.6 Å². The van der Waals surface area contributed by atoms with Crippen LogP contribution in [0.5, 0.6) is 0 Å². The van der Waals surface area contributed by atoms with Crippen molar-refractivity contribution in [1.29, 1.82) is 0 Å². The fourth-order valence-electron chi connectivity index (χ4n) is 4.87. The van der Waals surface area contributed by atoms with Gasteiger partial charge in [-0.3, -0.25) is 4.79 Å². The number of aryl methyl sites for hydroxylation is 1. The van der Waals surface area contributed by atoms with Gasteiger partial charge in [0.2, 0.25) is 0 Å². The molecule has 2 aliphatic rings. The molecule has 1 fully saturated rings. The Morgan fingerprint density at radius 2 is 1.83 bits per heavy atom. The summed E-state index contributed by atoms with van der Waals surface area (Å²) < 4.78 is 15.2. The van der Waals surface area contributed by atoms with Crippen LogP contribution in [0, 0.1) is 11.2 Å². The molecule has 1 unspecified atom stereocenters. The zero-order chi connectivity index (χ0) is 19.8. The third kappa shape index (κ3) is 3.13. The van der Waals surface area contributed by atoms with E-state index in [-0.39, 0.29) is 5.82 Å². The predicted octanol–water partition coefficient (Wildman–Crippen LogP) is 5.32. The number of rotatable bonds is 4. The van der Waals surface area contributed by atoms with Crippen LogP contribution in [0.2, 0.25) is 0 Å². The molecule has 2 aromatic carbocycles. The number of aromatic nitrogens is 2. The van der Waals surface area contributed by atoms with E-state index in [1.807, 2.05) is 16.9 Å². The number of Topliss-reactive ketones (excluding diaryl/α,β-unsaturated/α-hetero) is 1. The van der Waals surface area contributed by atoms with E-state index in [0.717, 1.165) is 42.6 Å². The molecule has 146 valence electrons. The van der Waals surface area contributed by atoms with Gasteiger partial charge in [0.15, 0.2) is 0 Å². The lowest BCUT2D eigenvalue weighted by Crippen LogP contribution is -2.40. The molecule has 5 rings (SSSR count). The van der Waals surface area contributed by atoms with Crippen molar-refractivity contribution in [3.63, 3.8) is 0 Å². The van der Waals surface area contributed by atoms with Gasteiger partial charge in [0.25, 0.3) is 0 Å². The van der Waals surface area contributed by atoms with Crippen molar-refractivity contribution in [2.24, 2.45) is 5.41 Å². The van der Waals surface area contributed by atoms with Crippen molar-refractivity contribution in [3.8, 4) is 5.69 Å². The minimum Gasteiger partial charge on any atom is -0.299 e. The molecule has 0 spiro atoms. The second kappa shape index (κ2) is 7.11. The Morgan fingerprint density at radius 3 is 2.62 bits per heavy atom. The molecule has 1 atom stereocenters. The third-order valence-electron chi connectivity index (χ3n) is 6.44. The minimum atomic E-state index is -0.405. The lowest BCUT2D eigenvalue weighted by atomic mass is 9.61. The van der Waals surface area contributed by atoms with Gasteiger partial charge in [-0.15, -0.1) is 0 Å². The Hall–Kier alpha value is -3.01. The fourth-order valence-corrected chi connectivity index (χ4v) is 4.87. The summed E-state index contributed by atoms with van der Waals surface area (Å²) in [5, 5.41) is 4.57. The summed E-state index contributed by atoms with van der Waals surface area (Å²) in [6, 6.07) is 16.8. The van der Waals surface area contributed by atoms with Crippen LogP contribution in [0.25, 0.3) is 11.8 Å². The second-order valence-corrected chi connectivity index (χ2v) is 8.13. The molecule has 0 radical (unpaired) electrons. The van der Waals surface area contributed by atoms with E-state index < -0.39 is 5.41 Å². The molecular weight excluding hydrogens is 363 g/mol. The lowest BCUT2D eigenvalue weighted by Gasteiger charge is -2.41. The maximum absolute atomic E-state index is 13.3. The number of ketones is 1. The highest BCUT2D eigenvalue weighted by atomic mass is 19.1. The van der Waals surface area contributed by atoms with Gasteiger partial charge >= 0.3 is 0 Å². The van der Waals surface area contributed by atoms with Gasteiger partial charge in [-0.25, -0.2) is 9.07 Å². The zero-order valence-electron chi connectivity index (χ0n) is 16.3. The number of carbonyl (C=O) groups is 1. The summed E-state index contributed by atoms with van der Waals surface area (Å²) in [4.78, 5) is 13.2. The summed E-state index contributed by atoms with van der Waals surface area (Å²) in [7, 11) is 0. The number of carbonyl (C=O) groups excluding carboxylic acids is 1. The van der Waals surface area contributed by atoms with Crippen molar-refractivity contribution in [2.75, 3.05) is 0 Å². The maximum Gasteiger partial charge on any atom is 0.143 e. The number of hydrogen-bond donors (Lipinski definition) is 0. The number of hydrogen-bond acceptors (Lipinski definition) is 2. The highest BCUT2D eigenvalue weighted by Crippen LogP contribution is 2.48. The maximum atomic E-state index is 13.3. The van der Waals surface area contributed by atoms with Crippen LogP contribution in [0.3, 0.4) is 0 Å². The molecule has 0 N–H and O–H groups in total. The summed E-state index contributed by atoms with van der Waals surface area (Å²) in [5.74, 6) is 0.108. The molecule has 4 heteroatoms. The topological polar surface area (TPSA) is 34.9 Å². The molecule has 2 aliphatic carbocycles. The zero-order valence-corrected chi connectivity index (χ0v) is 16.3. The van der Waals surface area contributed by atoms with Crippen LogP contribution in [0.4, 0.5) is 4.39 Å². The number of nitrogens with zero attached hydrogens (tertiary/aromatic N) is 2. The number of allylic oxidation sites excluding steroid dienone is 1. The second-order valence-electron chi connectivity index (χ2n) is 8.13. The molecule has 1 saturated carbocycles. The number of benzene rings is 2. The molecule has 29 heavy (non-hydrogen) atoms. The summed E-state index contributed by atoms with van der Waals surface area (Å²) in [6.07, 6.45) is 9.02. The fraction of sp³-hybridized carbons (Fsp3) is 0.280. The van der Waals surface area contributed by atoms with Crippen LogP contribution in [0.15, 0.2) is 66.4 Å². The summed E-state index contributed by atoms with van der Waals surface area (Å²) in [6.45, 7) is 0. The van der Waals surface area contributed by atoms with Gasteiger partial charge in [0.1, 0.15) is 11.6 Å². The molecule has 1 aromatic heterocycles. The summed E-state index contributed by atoms with van der Waals surface area (Å²) in [5.41, 5.74) is 5.06. The Bertz CT molecular complexity index is 1080. The first-order chi connectivity index (χ1) is 14.2.